The van der Waals surface area contributed by atoms with Crippen molar-refractivity contribution in [3.8, 4) is 5.75 Å². The number of alkyl halides is 3. The monoisotopic (exact) mass is 447 g/mol. The number of nitrogens with zero attached hydrogens (tertiary/aromatic N) is 2. The van der Waals surface area contributed by atoms with E-state index in [0.717, 1.165) is 0 Å². The van der Waals surface area contributed by atoms with Crippen molar-refractivity contribution in [1.29, 1.82) is 0 Å². The van der Waals surface area contributed by atoms with Crippen LogP contribution in [0, 0.1) is 0 Å². The van der Waals surface area contributed by atoms with Gasteiger partial charge < -0.3 is 9.30 Å². The highest BCUT2D eigenvalue weighted by atomic mass is 35.5. The van der Waals surface area contributed by atoms with Gasteiger partial charge in [0.1, 0.15) is 11.6 Å². The summed E-state index contributed by atoms with van der Waals surface area (Å²) in [6, 6.07) is 8.75. The summed E-state index contributed by atoms with van der Waals surface area (Å²) in [5.74, 6) is -0.0316. The molecule has 3 aromatic rings. The van der Waals surface area contributed by atoms with Crippen LogP contribution >= 0.6 is 11.6 Å². The SMILES string of the molecule is CCn1c(C(C)NS(=O)(=O)c2ccc(Cl)cc2)nc2cc(OC(F)(F)F)ccc21. The van der Waals surface area contributed by atoms with Crippen LogP contribution in [0.4, 0.5) is 13.2 Å². The van der Waals surface area contributed by atoms with Crippen molar-refractivity contribution in [2.24, 2.45) is 0 Å². The quantitative estimate of drug-likeness (QED) is 0.597. The van der Waals surface area contributed by atoms with Gasteiger partial charge in [-0.25, -0.2) is 18.1 Å². The van der Waals surface area contributed by atoms with Crippen molar-refractivity contribution in [2.75, 3.05) is 0 Å². The van der Waals surface area contributed by atoms with Crippen molar-refractivity contribution in [3.63, 3.8) is 0 Å². The number of aromatic nitrogens is 2. The average Bonchev–Trinajstić information content (AvgIpc) is 2.98. The number of sulfonamides is 1. The normalized spacial score (nSPS) is 13.6. The van der Waals surface area contributed by atoms with Crippen LogP contribution in [0.25, 0.3) is 11.0 Å². The zero-order valence-corrected chi connectivity index (χ0v) is 16.9. The molecule has 0 bridgehead atoms. The zero-order chi connectivity index (χ0) is 21.4. The summed E-state index contributed by atoms with van der Waals surface area (Å²) in [4.78, 5) is 4.37. The molecule has 1 unspecified atom stereocenters. The van der Waals surface area contributed by atoms with E-state index in [1.165, 1.54) is 42.5 Å². The van der Waals surface area contributed by atoms with Crippen LogP contribution in [0.2, 0.25) is 5.02 Å². The molecule has 3 rings (SSSR count). The molecular weight excluding hydrogens is 431 g/mol. The number of rotatable bonds is 6. The molecule has 1 heterocycles. The van der Waals surface area contributed by atoms with Crippen molar-refractivity contribution >= 4 is 32.7 Å². The molecule has 0 radical (unpaired) electrons. The molecule has 6 nitrogen and oxygen atoms in total. The van der Waals surface area contributed by atoms with Gasteiger partial charge in [0, 0.05) is 17.6 Å². The van der Waals surface area contributed by atoms with Gasteiger partial charge in [-0.3, -0.25) is 0 Å². The number of aryl methyl sites for hydroxylation is 1. The van der Waals surface area contributed by atoms with Crippen molar-refractivity contribution in [3.05, 3.63) is 53.3 Å². The van der Waals surface area contributed by atoms with E-state index in [2.05, 4.69) is 14.4 Å². The van der Waals surface area contributed by atoms with Gasteiger partial charge in [-0.05, 0) is 50.2 Å². The summed E-state index contributed by atoms with van der Waals surface area (Å²) in [7, 11) is -3.85. The average molecular weight is 448 g/mol. The number of benzene rings is 2. The first kappa shape index (κ1) is 21.4. The van der Waals surface area contributed by atoms with Crippen molar-refractivity contribution in [1.82, 2.24) is 14.3 Å². The largest absolute Gasteiger partial charge is 0.573 e. The predicted octanol–water partition coefficient (Wildman–Crippen LogP) is 4.65. The second kappa shape index (κ2) is 7.85. The molecule has 0 aliphatic carbocycles. The Morgan fingerprint density at radius 1 is 1.21 bits per heavy atom. The third kappa shape index (κ3) is 4.82. The summed E-state index contributed by atoms with van der Waals surface area (Å²) in [5.41, 5.74) is 0.829. The summed E-state index contributed by atoms with van der Waals surface area (Å²) in [6.45, 7) is 3.87. The molecule has 0 aliphatic rings. The third-order valence-electron chi connectivity index (χ3n) is 4.14. The Hall–Kier alpha value is -2.30. The molecule has 1 N–H and O–H groups in total. The minimum Gasteiger partial charge on any atom is -0.406 e. The number of nitrogens with one attached hydrogen (secondary N) is 1. The molecule has 1 atom stereocenters. The smallest absolute Gasteiger partial charge is 0.406 e. The van der Waals surface area contributed by atoms with Gasteiger partial charge in [0.15, 0.2) is 0 Å². The summed E-state index contributed by atoms with van der Waals surface area (Å²) < 4.78 is 70.8. The highest BCUT2D eigenvalue weighted by molar-refractivity contribution is 7.89. The van der Waals surface area contributed by atoms with Crippen LogP contribution in [0.3, 0.4) is 0 Å². The third-order valence-corrected chi connectivity index (χ3v) is 5.95. The van der Waals surface area contributed by atoms with Crippen LogP contribution in [0.1, 0.15) is 25.7 Å². The first-order chi connectivity index (χ1) is 13.5. The molecule has 156 valence electrons. The molecule has 11 heteroatoms. The standard InChI is InChI=1S/C18H17ClF3N3O3S/c1-3-25-16-9-6-13(28-18(20,21)22)10-15(16)23-17(25)11(2)24-29(26,27)14-7-4-12(19)5-8-14/h4-11,24H,3H2,1-2H3. The number of hydrogen-bond donors (Lipinski definition) is 1. The molecule has 0 spiro atoms. The Bertz CT molecular complexity index is 1130. The number of fused-ring (bicyclic) bond motifs is 1. The molecule has 0 saturated carbocycles. The summed E-state index contributed by atoms with van der Waals surface area (Å²) in [5, 5.41) is 0.404. The lowest BCUT2D eigenvalue weighted by Crippen LogP contribution is -2.28. The minimum atomic E-state index is -4.81. The highest BCUT2D eigenvalue weighted by Gasteiger charge is 2.31. The van der Waals surface area contributed by atoms with Gasteiger partial charge in [0.25, 0.3) is 0 Å². The Morgan fingerprint density at radius 3 is 2.45 bits per heavy atom. The Kier molecular flexibility index (Phi) is 5.79. The lowest BCUT2D eigenvalue weighted by atomic mass is 10.3. The first-order valence-electron chi connectivity index (χ1n) is 8.54. The van der Waals surface area contributed by atoms with Gasteiger partial charge in [-0.2, -0.15) is 0 Å². The first-order valence-corrected chi connectivity index (χ1v) is 10.4. The number of ether oxygens (including phenoxy) is 1. The van der Waals surface area contributed by atoms with E-state index in [0.29, 0.717) is 22.9 Å². The molecule has 0 aliphatic heterocycles. The Labute approximate surface area is 170 Å². The van der Waals surface area contributed by atoms with Crippen LogP contribution in [-0.2, 0) is 16.6 Å². The Morgan fingerprint density at radius 2 is 1.86 bits per heavy atom. The predicted molar refractivity (Wildman–Crippen MR) is 102 cm³/mol. The van der Waals surface area contributed by atoms with Crippen LogP contribution < -0.4 is 9.46 Å². The van der Waals surface area contributed by atoms with E-state index >= 15 is 0 Å². The fourth-order valence-corrected chi connectivity index (χ4v) is 4.28. The van der Waals surface area contributed by atoms with Gasteiger partial charge >= 0.3 is 6.36 Å². The van der Waals surface area contributed by atoms with Crippen molar-refractivity contribution in [2.45, 2.75) is 37.7 Å². The molecule has 29 heavy (non-hydrogen) atoms. The van der Waals surface area contributed by atoms with E-state index in [1.54, 1.807) is 11.5 Å². The van der Waals surface area contributed by atoms with Crippen molar-refractivity contribution < 1.29 is 26.3 Å². The van der Waals surface area contributed by atoms with E-state index in [-0.39, 0.29) is 10.4 Å². The van der Waals surface area contributed by atoms with Gasteiger partial charge in [-0.1, -0.05) is 11.6 Å². The lowest BCUT2D eigenvalue weighted by molar-refractivity contribution is -0.274. The second-order valence-corrected chi connectivity index (χ2v) is 8.36. The summed E-state index contributed by atoms with van der Waals surface area (Å²) >= 11 is 5.79. The van der Waals surface area contributed by atoms with Crippen LogP contribution in [0.5, 0.6) is 5.75 Å². The highest BCUT2D eigenvalue weighted by Crippen LogP contribution is 2.29. The fraction of sp³-hybridized carbons (Fsp3) is 0.278. The fourth-order valence-electron chi connectivity index (χ4n) is 2.96. The molecule has 0 fully saturated rings. The van der Waals surface area contributed by atoms with Gasteiger partial charge in [-0.15, -0.1) is 13.2 Å². The molecular formula is C18H17ClF3N3O3S. The van der Waals surface area contributed by atoms with Gasteiger partial charge in [0.2, 0.25) is 10.0 Å². The maximum Gasteiger partial charge on any atom is 0.573 e. The van der Waals surface area contributed by atoms with E-state index < -0.39 is 28.2 Å². The second-order valence-electron chi connectivity index (χ2n) is 6.21. The zero-order valence-electron chi connectivity index (χ0n) is 15.4. The maximum absolute atomic E-state index is 12.6. The minimum absolute atomic E-state index is 0.0359. The Balaban J connectivity index is 1.94. The molecule has 2 aromatic carbocycles. The van der Waals surface area contributed by atoms with E-state index in [4.69, 9.17) is 11.6 Å². The van der Waals surface area contributed by atoms with Gasteiger partial charge in [0.05, 0.1) is 22.0 Å². The molecule has 0 amide bonds. The lowest BCUT2D eigenvalue weighted by Gasteiger charge is -2.15. The summed E-state index contributed by atoms with van der Waals surface area (Å²) in [6.07, 6.45) is -4.81. The number of halogens is 4. The molecule has 1 aromatic heterocycles. The number of imidazole rings is 1. The van der Waals surface area contributed by atoms with E-state index in [1.807, 2.05) is 6.92 Å². The van der Waals surface area contributed by atoms with Crippen LogP contribution in [0.15, 0.2) is 47.4 Å². The topological polar surface area (TPSA) is 73.2 Å². The van der Waals surface area contributed by atoms with Crippen LogP contribution in [-0.4, -0.2) is 24.3 Å². The maximum atomic E-state index is 12.6. The number of hydrogen-bond acceptors (Lipinski definition) is 4. The molecule has 0 saturated heterocycles. The van der Waals surface area contributed by atoms with E-state index in [9.17, 15) is 21.6 Å².